The van der Waals surface area contributed by atoms with Crippen LogP contribution in [-0.2, 0) is 4.79 Å². The van der Waals surface area contributed by atoms with Crippen molar-refractivity contribution in [1.82, 2.24) is 0 Å². The summed E-state index contributed by atoms with van der Waals surface area (Å²) in [6, 6.07) is 5.23. The molecular formula is C13H18ClNO3. The minimum absolute atomic E-state index is 0.0356. The zero-order chi connectivity index (χ0) is 13.9. The van der Waals surface area contributed by atoms with E-state index in [2.05, 4.69) is 0 Å². The molecule has 0 fully saturated rings. The summed E-state index contributed by atoms with van der Waals surface area (Å²) in [7, 11) is 1.53. The van der Waals surface area contributed by atoms with E-state index in [0.717, 1.165) is 5.56 Å². The third kappa shape index (κ3) is 3.62. The molecule has 0 aliphatic rings. The van der Waals surface area contributed by atoms with Gasteiger partial charge < -0.3 is 15.6 Å². The number of aliphatic carboxylic acids is 1. The smallest absolute Gasteiger partial charge is 0.304 e. The molecule has 0 saturated carbocycles. The molecule has 5 heteroatoms. The van der Waals surface area contributed by atoms with Gasteiger partial charge in [-0.05, 0) is 31.5 Å². The Bertz CT molecular complexity index is 440. The first kappa shape index (κ1) is 14.8. The first-order valence-electron chi connectivity index (χ1n) is 5.59. The summed E-state index contributed by atoms with van der Waals surface area (Å²) in [5.41, 5.74) is 6.20. The Morgan fingerprint density at radius 1 is 1.56 bits per heavy atom. The van der Waals surface area contributed by atoms with Crippen LogP contribution in [0.3, 0.4) is 0 Å². The van der Waals surface area contributed by atoms with Crippen LogP contribution in [0.1, 0.15) is 31.7 Å². The van der Waals surface area contributed by atoms with Crippen LogP contribution in [0.4, 0.5) is 0 Å². The standard InChI is InChI=1S/C13H18ClNO3/c1-13(2,15)9(7-12(16)17)8-4-5-11(18-3)10(14)6-8/h4-6,9H,7,15H2,1-3H3,(H,16,17). The van der Waals surface area contributed by atoms with Crippen molar-refractivity contribution in [3.63, 3.8) is 0 Å². The largest absolute Gasteiger partial charge is 0.495 e. The molecule has 0 aliphatic carbocycles. The van der Waals surface area contributed by atoms with E-state index in [4.69, 9.17) is 27.2 Å². The second-order valence-corrected chi connectivity index (χ2v) is 5.27. The minimum atomic E-state index is -0.884. The fraction of sp³-hybridized carbons (Fsp3) is 0.462. The zero-order valence-corrected chi connectivity index (χ0v) is 11.5. The van der Waals surface area contributed by atoms with Gasteiger partial charge in [0.05, 0.1) is 18.6 Å². The van der Waals surface area contributed by atoms with Crippen LogP contribution < -0.4 is 10.5 Å². The number of nitrogens with two attached hydrogens (primary N) is 1. The second-order valence-electron chi connectivity index (χ2n) is 4.87. The zero-order valence-electron chi connectivity index (χ0n) is 10.7. The summed E-state index contributed by atoms with van der Waals surface area (Å²) in [5, 5.41) is 9.42. The summed E-state index contributed by atoms with van der Waals surface area (Å²) in [6.07, 6.45) is -0.0356. The second kappa shape index (κ2) is 5.59. The van der Waals surface area contributed by atoms with Crippen LogP contribution in [0.15, 0.2) is 18.2 Å². The molecule has 0 amide bonds. The molecular weight excluding hydrogens is 254 g/mol. The fourth-order valence-electron chi connectivity index (χ4n) is 1.88. The predicted octanol–water partition coefficient (Wildman–Crippen LogP) is 2.64. The Balaban J connectivity index is 3.13. The number of carboxylic acids is 1. The van der Waals surface area contributed by atoms with Gasteiger partial charge in [-0.3, -0.25) is 4.79 Å². The molecule has 18 heavy (non-hydrogen) atoms. The van der Waals surface area contributed by atoms with Crippen molar-refractivity contribution < 1.29 is 14.6 Å². The molecule has 0 radical (unpaired) electrons. The maximum absolute atomic E-state index is 10.9. The Kier molecular flexibility index (Phi) is 4.59. The molecule has 3 N–H and O–H groups in total. The quantitative estimate of drug-likeness (QED) is 0.863. The summed E-state index contributed by atoms with van der Waals surface area (Å²) in [5.74, 6) is -0.631. The Morgan fingerprint density at radius 2 is 2.17 bits per heavy atom. The highest BCUT2D eigenvalue weighted by Gasteiger charge is 2.29. The normalized spacial score (nSPS) is 13.2. The first-order valence-corrected chi connectivity index (χ1v) is 5.97. The summed E-state index contributed by atoms with van der Waals surface area (Å²) in [4.78, 5) is 10.9. The van der Waals surface area contributed by atoms with Gasteiger partial charge >= 0.3 is 5.97 Å². The van der Waals surface area contributed by atoms with Crippen molar-refractivity contribution in [2.24, 2.45) is 5.73 Å². The molecule has 1 aromatic rings. The van der Waals surface area contributed by atoms with Gasteiger partial charge in [-0.1, -0.05) is 17.7 Å². The summed E-state index contributed by atoms with van der Waals surface area (Å²) in [6.45, 7) is 3.61. The lowest BCUT2D eigenvalue weighted by Gasteiger charge is -2.30. The van der Waals surface area contributed by atoms with Crippen molar-refractivity contribution in [1.29, 1.82) is 0 Å². The Hall–Kier alpha value is -1.26. The molecule has 0 aromatic heterocycles. The van der Waals surface area contributed by atoms with Crippen LogP contribution >= 0.6 is 11.6 Å². The van der Waals surface area contributed by atoms with Crippen LogP contribution in [0.5, 0.6) is 5.75 Å². The minimum Gasteiger partial charge on any atom is -0.495 e. The average Bonchev–Trinajstić information content (AvgIpc) is 2.24. The molecule has 0 bridgehead atoms. The van der Waals surface area contributed by atoms with Gasteiger partial charge in [0, 0.05) is 11.5 Å². The van der Waals surface area contributed by atoms with Crippen molar-refractivity contribution in [2.75, 3.05) is 7.11 Å². The monoisotopic (exact) mass is 271 g/mol. The fourth-order valence-corrected chi connectivity index (χ4v) is 2.15. The number of benzene rings is 1. The SMILES string of the molecule is COc1ccc(C(CC(=O)O)C(C)(C)N)cc1Cl. The van der Waals surface area contributed by atoms with E-state index < -0.39 is 11.5 Å². The number of carboxylic acid groups (broad SMARTS) is 1. The molecule has 4 nitrogen and oxygen atoms in total. The van der Waals surface area contributed by atoms with Crippen LogP contribution in [0, 0.1) is 0 Å². The number of methoxy groups -OCH3 is 1. The third-order valence-corrected chi connectivity index (χ3v) is 3.15. The topological polar surface area (TPSA) is 72.5 Å². The summed E-state index contributed by atoms with van der Waals surface area (Å²) < 4.78 is 5.07. The van der Waals surface area contributed by atoms with Gasteiger partial charge in [-0.15, -0.1) is 0 Å². The lowest BCUT2D eigenvalue weighted by Crippen LogP contribution is -2.40. The lowest BCUT2D eigenvalue weighted by atomic mass is 9.80. The van der Waals surface area contributed by atoms with E-state index >= 15 is 0 Å². The van der Waals surface area contributed by atoms with Crippen molar-refractivity contribution in [3.8, 4) is 5.75 Å². The maximum atomic E-state index is 10.9. The first-order chi connectivity index (χ1) is 8.25. The van der Waals surface area contributed by atoms with Crippen molar-refractivity contribution >= 4 is 17.6 Å². The number of ether oxygens (including phenoxy) is 1. The van der Waals surface area contributed by atoms with E-state index in [1.165, 1.54) is 7.11 Å². The van der Waals surface area contributed by atoms with E-state index in [0.29, 0.717) is 10.8 Å². The predicted molar refractivity (Wildman–Crippen MR) is 71.3 cm³/mol. The van der Waals surface area contributed by atoms with E-state index in [1.807, 2.05) is 0 Å². The number of hydrogen-bond acceptors (Lipinski definition) is 3. The Morgan fingerprint density at radius 3 is 2.56 bits per heavy atom. The van der Waals surface area contributed by atoms with Gasteiger partial charge in [0.25, 0.3) is 0 Å². The molecule has 0 heterocycles. The molecule has 1 unspecified atom stereocenters. The van der Waals surface area contributed by atoms with E-state index in [9.17, 15) is 4.79 Å². The van der Waals surface area contributed by atoms with Crippen molar-refractivity contribution in [3.05, 3.63) is 28.8 Å². The van der Waals surface area contributed by atoms with Crippen LogP contribution in [-0.4, -0.2) is 23.7 Å². The van der Waals surface area contributed by atoms with E-state index in [1.54, 1.807) is 32.0 Å². The van der Waals surface area contributed by atoms with Crippen LogP contribution in [0.2, 0.25) is 5.02 Å². The Labute approximate surface area is 112 Å². The lowest BCUT2D eigenvalue weighted by molar-refractivity contribution is -0.137. The summed E-state index contributed by atoms with van der Waals surface area (Å²) >= 11 is 6.05. The highest BCUT2D eigenvalue weighted by Crippen LogP contribution is 2.34. The number of carbonyl (C=O) groups is 1. The van der Waals surface area contributed by atoms with E-state index in [-0.39, 0.29) is 12.3 Å². The highest BCUT2D eigenvalue weighted by molar-refractivity contribution is 6.32. The van der Waals surface area contributed by atoms with Crippen LogP contribution in [0.25, 0.3) is 0 Å². The number of hydrogen-bond donors (Lipinski definition) is 2. The average molecular weight is 272 g/mol. The van der Waals surface area contributed by atoms with Gasteiger partial charge in [-0.2, -0.15) is 0 Å². The van der Waals surface area contributed by atoms with Gasteiger partial charge in [0.2, 0.25) is 0 Å². The van der Waals surface area contributed by atoms with Crippen molar-refractivity contribution in [2.45, 2.75) is 31.7 Å². The maximum Gasteiger partial charge on any atom is 0.304 e. The van der Waals surface area contributed by atoms with Gasteiger partial charge in [0.15, 0.2) is 0 Å². The molecule has 1 rings (SSSR count). The molecule has 1 atom stereocenters. The van der Waals surface area contributed by atoms with Gasteiger partial charge in [-0.25, -0.2) is 0 Å². The molecule has 100 valence electrons. The number of rotatable bonds is 5. The molecule has 0 spiro atoms. The third-order valence-electron chi connectivity index (χ3n) is 2.86. The van der Waals surface area contributed by atoms with Gasteiger partial charge in [0.1, 0.15) is 5.75 Å². The number of halogens is 1. The highest BCUT2D eigenvalue weighted by atomic mass is 35.5. The molecule has 1 aromatic carbocycles. The molecule has 0 saturated heterocycles. The molecule has 0 aliphatic heterocycles.